The van der Waals surface area contributed by atoms with Gasteiger partial charge < -0.3 is 0 Å². The predicted octanol–water partition coefficient (Wildman–Crippen LogP) is 5.56. The Hall–Kier alpha value is -3.50. The zero-order chi connectivity index (χ0) is 23.5. The summed E-state index contributed by atoms with van der Waals surface area (Å²) in [5, 5.41) is 0. The minimum absolute atomic E-state index is 0.0872. The van der Waals surface area contributed by atoms with Crippen molar-refractivity contribution in [3.8, 4) is 0 Å². The van der Waals surface area contributed by atoms with E-state index in [9.17, 15) is 4.79 Å². The van der Waals surface area contributed by atoms with Crippen LogP contribution in [0.5, 0.6) is 0 Å². The highest BCUT2D eigenvalue weighted by atomic mass is 16.1. The van der Waals surface area contributed by atoms with Crippen LogP contribution in [-0.4, -0.2) is 21.0 Å². The molecule has 4 aromatic rings. The second-order valence-electron chi connectivity index (χ2n) is 9.40. The number of nitrogens with zero attached hydrogens (tertiary/aromatic N) is 3. The van der Waals surface area contributed by atoms with Gasteiger partial charge in [0.2, 0.25) is 0 Å². The molecule has 0 bridgehead atoms. The molecule has 4 heteroatoms. The number of benzene rings is 3. The quantitative estimate of drug-likeness (QED) is 0.387. The molecule has 0 radical (unpaired) electrons. The minimum Gasteiger partial charge on any atom is -0.294 e. The molecule has 0 unspecified atom stereocenters. The molecule has 0 saturated heterocycles. The Labute approximate surface area is 201 Å². The van der Waals surface area contributed by atoms with Gasteiger partial charge in [0.15, 0.2) is 0 Å². The molecule has 0 amide bonds. The maximum absolute atomic E-state index is 14.2. The predicted molar refractivity (Wildman–Crippen MR) is 137 cm³/mol. The van der Waals surface area contributed by atoms with Crippen molar-refractivity contribution in [3.05, 3.63) is 135 Å². The molecule has 0 spiro atoms. The standard InChI is InChI=1S/C30H31N3O/c1-22(2)29-31-27-18-19-32(20-23-12-6-3-7-13-23)21-26(27)30(34)33(29)28(24-14-8-4-9-15-24)25-16-10-5-11-17-25/h3-17,22,28H,18-21H2,1-2H3. The fourth-order valence-electron chi connectivity index (χ4n) is 4.96. The number of rotatable bonds is 6. The van der Waals surface area contributed by atoms with Crippen LogP contribution in [-0.2, 0) is 19.5 Å². The fraction of sp³-hybridized carbons (Fsp3) is 0.267. The van der Waals surface area contributed by atoms with Gasteiger partial charge in [-0.3, -0.25) is 14.3 Å². The van der Waals surface area contributed by atoms with E-state index in [0.29, 0.717) is 6.54 Å². The fourth-order valence-corrected chi connectivity index (χ4v) is 4.96. The number of hydrogen-bond acceptors (Lipinski definition) is 3. The Morgan fingerprint density at radius 3 is 1.94 bits per heavy atom. The summed E-state index contributed by atoms with van der Waals surface area (Å²) < 4.78 is 1.96. The van der Waals surface area contributed by atoms with Crippen molar-refractivity contribution in [1.29, 1.82) is 0 Å². The largest absolute Gasteiger partial charge is 0.294 e. The van der Waals surface area contributed by atoms with Crippen LogP contribution in [0.1, 0.15) is 59.6 Å². The molecule has 1 aliphatic heterocycles. The van der Waals surface area contributed by atoms with Crippen LogP contribution in [0, 0.1) is 0 Å². The number of fused-ring (bicyclic) bond motifs is 1. The van der Waals surface area contributed by atoms with Crippen LogP contribution in [0.4, 0.5) is 0 Å². The van der Waals surface area contributed by atoms with Crippen molar-refractivity contribution < 1.29 is 0 Å². The molecule has 1 aromatic heterocycles. The normalized spacial score (nSPS) is 13.9. The van der Waals surface area contributed by atoms with Crippen LogP contribution in [0.2, 0.25) is 0 Å². The van der Waals surface area contributed by atoms with E-state index >= 15 is 0 Å². The van der Waals surface area contributed by atoms with E-state index in [-0.39, 0.29) is 17.5 Å². The SMILES string of the molecule is CC(C)c1nc2c(c(=O)n1C(c1ccccc1)c1ccccc1)CN(Cc1ccccc1)CC2. The van der Waals surface area contributed by atoms with Gasteiger partial charge in [0.25, 0.3) is 5.56 Å². The summed E-state index contributed by atoms with van der Waals surface area (Å²) in [6.07, 6.45) is 0.805. The topological polar surface area (TPSA) is 38.1 Å². The Kier molecular flexibility index (Phi) is 6.41. The van der Waals surface area contributed by atoms with Crippen LogP contribution in [0.15, 0.2) is 95.8 Å². The van der Waals surface area contributed by atoms with Crippen molar-refractivity contribution in [2.24, 2.45) is 0 Å². The molecule has 172 valence electrons. The lowest BCUT2D eigenvalue weighted by molar-refractivity contribution is 0.239. The van der Waals surface area contributed by atoms with Gasteiger partial charge in [0.05, 0.1) is 17.3 Å². The number of aromatic nitrogens is 2. The van der Waals surface area contributed by atoms with Gasteiger partial charge >= 0.3 is 0 Å². The molecule has 1 aliphatic rings. The molecular weight excluding hydrogens is 418 g/mol. The summed E-state index contributed by atoms with van der Waals surface area (Å²) in [4.78, 5) is 21.7. The lowest BCUT2D eigenvalue weighted by Gasteiger charge is -2.31. The molecule has 0 N–H and O–H groups in total. The second kappa shape index (κ2) is 9.78. The number of hydrogen-bond donors (Lipinski definition) is 0. The summed E-state index contributed by atoms with van der Waals surface area (Å²) in [6, 6.07) is 30.9. The molecule has 0 atom stereocenters. The zero-order valence-corrected chi connectivity index (χ0v) is 19.9. The molecule has 2 heterocycles. The van der Waals surface area contributed by atoms with Gasteiger partial charge in [-0.2, -0.15) is 0 Å². The van der Waals surface area contributed by atoms with E-state index in [1.54, 1.807) is 0 Å². The average Bonchev–Trinajstić information content (AvgIpc) is 2.87. The molecule has 3 aromatic carbocycles. The third kappa shape index (κ3) is 4.46. The van der Waals surface area contributed by atoms with Gasteiger partial charge in [0, 0.05) is 32.0 Å². The first-order chi connectivity index (χ1) is 16.6. The summed E-state index contributed by atoms with van der Waals surface area (Å²) in [5.41, 5.74) is 5.35. The van der Waals surface area contributed by atoms with Gasteiger partial charge in [-0.05, 0) is 16.7 Å². The van der Waals surface area contributed by atoms with Gasteiger partial charge in [0.1, 0.15) is 5.82 Å². The molecule has 0 aliphatic carbocycles. The molecule has 4 nitrogen and oxygen atoms in total. The third-order valence-electron chi connectivity index (χ3n) is 6.62. The van der Waals surface area contributed by atoms with E-state index < -0.39 is 0 Å². The first kappa shape index (κ1) is 22.3. The van der Waals surface area contributed by atoms with E-state index in [1.165, 1.54) is 5.56 Å². The monoisotopic (exact) mass is 449 g/mol. The van der Waals surface area contributed by atoms with E-state index in [4.69, 9.17) is 4.98 Å². The van der Waals surface area contributed by atoms with Crippen molar-refractivity contribution >= 4 is 0 Å². The van der Waals surface area contributed by atoms with Crippen molar-refractivity contribution in [1.82, 2.24) is 14.5 Å². The van der Waals surface area contributed by atoms with E-state index in [1.807, 2.05) is 47.0 Å². The summed E-state index contributed by atoms with van der Waals surface area (Å²) in [7, 11) is 0. The lowest BCUT2D eigenvalue weighted by atomic mass is 9.96. The lowest BCUT2D eigenvalue weighted by Crippen LogP contribution is -2.40. The van der Waals surface area contributed by atoms with Crippen molar-refractivity contribution in [2.75, 3.05) is 6.54 Å². The summed E-state index contributed by atoms with van der Waals surface area (Å²) in [6.45, 7) is 6.64. The summed E-state index contributed by atoms with van der Waals surface area (Å²) >= 11 is 0. The van der Waals surface area contributed by atoms with Crippen LogP contribution in [0.25, 0.3) is 0 Å². The van der Waals surface area contributed by atoms with Crippen molar-refractivity contribution in [3.63, 3.8) is 0 Å². The average molecular weight is 450 g/mol. The Balaban J connectivity index is 1.63. The minimum atomic E-state index is -0.213. The molecule has 0 saturated carbocycles. The highest BCUT2D eigenvalue weighted by Crippen LogP contribution is 2.30. The molecule has 34 heavy (non-hydrogen) atoms. The maximum Gasteiger partial charge on any atom is 0.259 e. The first-order valence-corrected chi connectivity index (χ1v) is 12.1. The van der Waals surface area contributed by atoms with Crippen molar-refractivity contribution in [2.45, 2.75) is 45.3 Å². The van der Waals surface area contributed by atoms with Gasteiger partial charge in [-0.25, -0.2) is 4.98 Å². The van der Waals surface area contributed by atoms with E-state index in [0.717, 1.165) is 47.7 Å². The second-order valence-corrected chi connectivity index (χ2v) is 9.40. The van der Waals surface area contributed by atoms with Crippen LogP contribution >= 0.6 is 0 Å². The summed E-state index contributed by atoms with van der Waals surface area (Å²) in [5.74, 6) is 0.994. The first-order valence-electron chi connectivity index (χ1n) is 12.1. The van der Waals surface area contributed by atoms with Gasteiger partial charge in [-0.1, -0.05) is 105 Å². The highest BCUT2D eigenvalue weighted by molar-refractivity contribution is 5.35. The van der Waals surface area contributed by atoms with E-state index in [2.05, 4.69) is 67.3 Å². The van der Waals surface area contributed by atoms with Crippen LogP contribution < -0.4 is 5.56 Å². The van der Waals surface area contributed by atoms with Crippen LogP contribution in [0.3, 0.4) is 0 Å². The Morgan fingerprint density at radius 2 is 1.38 bits per heavy atom. The third-order valence-corrected chi connectivity index (χ3v) is 6.62. The zero-order valence-electron chi connectivity index (χ0n) is 19.9. The maximum atomic E-state index is 14.2. The smallest absolute Gasteiger partial charge is 0.259 e. The molecule has 5 rings (SSSR count). The highest BCUT2D eigenvalue weighted by Gasteiger charge is 2.28. The Morgan fingerprint density at radius 1 is 0.824 bits per heavy atom. The molecule has 0 fully saturated rings. The molecular formula is C30H31N3O. The Bertz CT molecular complexity index is 1260. The van der Waals surface area contributed by atoms with Gasteiger partial charge in [-0.15, -0.1) is 0 Å².